The second-order valence-electron chi connectivity index (χ2n) is 13.7. The second-order valence-corrected chi connectivity index (χ2v) is 14.8. The van der Waals surface area contributed by atoms with Gasteiger partial charge >= 0.3 is 10.4 Å². The zero-order chi connectivity index (χ0) is 29.3. The Labute approximate surface area is 231 Å². The normalized spacial score (nSPS) is 51.5. The van der Waals surface area contributed by atoms with Crippen LogP contribution >= 0.6 is 0 Å². The van der Waals surface area contributed by atoms with E-state index in [2.05, 4.69) is 0 Å². The van der Waals surface area contributed by atoms with Crippen LogP contribution in [0.3, 0.4) is 0 Å². The van der Waals surface area contributed by atoms with Crippen LogP contribution in [0, 0.1) is 46.3 Å². The highest BCUT2D eigenvalue weighted by Crippen LogP contribution is 2.70. The van der Waals surface area contributed by atoms with Crippen molar-refractivity contribution in [2.75, 3.05) is 6.61 Å². The molecule has 4 aliphatic rings. The quantitative estimate of drug-likeness (QED) is 0.183. The number of aliphatic hydroxyl groups is 7. The molecule has 8 N–H and O–H groups in total. The summed E-state index contributed by atoms with van der Waals surface area (Å²) in [6.07, 6.45) is -5.37. The van der Waals surface area contributed by atoms with Crippen molar-refractivity contribution < 1.29 is 52.9 Å². The van der Waals surface area contributed by atoms with Crippen LogP contribution in [-0.2, 0) is 14.6 Å². The maximum absolute atomic E-state index is 12.5. The molecule has 4 fully saturated rings. The molecular weight excluding hydrogens is 532 g/mol. The smallest absolute Gasteiger partial charge is 0.396 e. The minimum absolute atomic E-state index is 0.0590. The largest absolute Gasteiger partial charge is 0.397 e. The van der Waals surface area contributed by atoms with Crippen molar-refractivity contribution >= 4 is 10.4 Å². The first-order valence-corrected chi connectivity index (χ1v) is 15.7. The van der Waals surface area contributed by atoms with E-state index in [0.717, 1.165) is 19.3 Å². The van der Waals surface area contributed by atoms with Gasteiger partial charge in [-0.3, -0.25) is 4.55 Å². The Morgan fingerprint density at radius 2 is 1.54 bits per heavy atom. The highest BCUT2D eigenvalue weighted by molar-refractivity contribution is 7.80. The average molecular weight is 581 g/mol. The van der Waals surface area contributed by atoms with Gasteiger partial charge in [-0.05, 0) is 66.6 Å². The molecule has 4 rings (SSSR count). The van der Waals surface area contributed by atoms with Gasteiger partial charge in [0, 0.05) is 18.4 Å². The summed E-state index contributed by atoms with van der Waals surface area (Å²) in [5.41, 5.74) is -3.96. The van der Waals surface area contributed by atoms with Crippen LogP contribution in [0.15, 0.2) is 0 Å². The van der Waals surface area contributed by atoms with Gasteiger partial charge < -0.3 is 35.7 Å². The average Bonchev–Trinajstić information content (AvgIpc) is 3.04. The Hall–Kier alpha value is -0.410. The van der Waals surface area contributed by atoms with Crippen molar-refractivity contribution in [3.05, 3.63) is 0 Å². The summed E-state index contributed by atoms with van der Waals surface area (Å²) in [5.74, 6) is -3.23. The molecular formula is C27H48O11S. The van der Waals surface area contributed by atoms with Crippen LogP contribution in [0.5, 0.6) is 0 Å². The molecule has 0 bridgehead atoms. The van der Waals surface area contributed by atoms with Gasteiger partial charge in [0.15, 0.2) is 0 Å². The highest BCUT2D eigenvalue weighted by atomic mass is 32.3. The maximum Gasteiger partial charge on any atom is 0.397 e. The topological polar surface area (TPSA) is 205 Å². The number of hydrogen-bond acceptors (Lipinski definition) is 10. The summed E-state index contributed by atoms with van der Waals surface area (Å²) in [4.78, 5) is 0. The summed E-state index contributed by atoms with van der Waals surface area (Å²) >= 11 is 0. The molecule has 228 valence electrons. The molecule has 39 heavy (non-hydrogen) atoms. The fraction of sp³-hybridized carbons (Fsp3) is 1.00. The van der Waals surface area contributed by atoms with Crippen LogP contribution in [0.4, 0.5) is 0 Å². The molecule has 4 saturated carbocycles. The van der Waals surface area contributed by atoms with Gasteiger partial charge in [-0.2, -0.15) is 8.42 Å². The fourth-order valence-electron chi connectivity index (χ4n) is 9.83. The van der Waals surface area contributed by atoms with Crippen LogP contribution in [0.25, 0.3) is 0 Å². The number of rotatable bonds is 8. The number of aliphatic hydroxyl groups excluding tert-OH is 6. The van der Waals surface area contributed by atoms with Crippen molar-refractivity contribution in [2.45, 2.75) is 115 Å². The minimum atomic E-state index is -5.14. The van der Waals surface area contributed by atoms with Crippen molar-refractivity contribution in [1.29, 1.82) is 0 Å². The lowest BCUT2D eigenvalue weighted by atomic mass is 9.40. The van der Waals surface area contributed by atoms with E-state index >= 15 is 0 Å². The lowest BCUT2D eigenvalue weighted by molar-refractivity contribution is -0.318. The molecule has 0 aliphatic heterocycles. The van der Waals surface area contributed by atoms with E-state index in [1.54, 1.807) is 6.92 Å². The summed E-state index contributed by atoms with van der Waals surface area (Å²) < 4.78 is 38.3. The van der Waals surface area contributed by atoms with Gasteiger partial charge in [0.25, 0.3) is 0 Å². The molecule has 0 amide bonds. The van der Waals surface area contributed by atoms with Crippen molar-refractivity contribution in [2.24, 2.45) is 46.3 Å². The Balaban J connectivity index is 1.75. The molecule has 12 heteroatoms. The lowest BCUT2D eigenvalue weighted by Crippen LogP contribution is -2.77. The van der Waals surface area contributed by atoms with Crippen molar-refractivity contribution in [3.63, 3.8) is 0 Å². The Morgan fingerprint density at radius 1 is 0.923 bits per heavy atom. The van der Waals surface area contributed by atoms with Crippen LogP contribution in [0.1, 0.15) is 72.6 Å². The standard InChI is InChI=1S/C27H48O11S/c1-13(12-28)6-5-7-14(2)17-20(31)21(32)23-26(17,4)11-9-16-25(3)10-8-15(29)19(30)18(25)22(38-39(35,36)37)24(33)27(16,23)34/h13-24,28-34H,5-12H2,1-4H3,(H,35,36,37)/t13-,14+,15-,16+,17-,18+,19-,20+,21+,22+,23+,24+,25+,26+,27-/m0/s1. The fourth-order valence-corrected chi connectivity index (χ4v) is 10.3. The third-order valence-corrected chi connectivity index (χ3v) is 12.0. The first kappa shape index (κ1) is 31.5. The first-order valence-electron chi connectivity index (χ1n) is 14.3. The third kappa shape index (κ3) is 4.90. The summed E-state index contributed by atoms with van der Waals surface area (Å²) in [6, 6.07) is 0. The van der Waals surface area contributed by atoms with E-state index in [9.17, 15) is 48.7 Å². The predicted molar refractivity (Wildman–Crippen MR) is 139 cm³/mol. The first-order chi connectivity index (χ1) is 17.9. The third-order valence-electron chi connectivity index (χ3n) is 11.5. The van der Waals surface area contributed by atoms with E-state index in [4.69, 9.17) is 4.18 Å². The molecule has 4 aliphatic carbocycles. The minimum Gasteiger partial charge on any atom is -0.396 e. The van der Waals surface area contributed by atoms with Gasteiger partial charge in [0.05, 0.1) is 24.4 Å². The highest BCUT2D eigenvalue weighted by Gasteiger charge is 2.77. The Kier molecular flexibility index (Phi) is 8.65. The van der Waals surface area contributed by atoms with Gasteiger partial charge in [-0.15, -0.1) is 0 Å². The Bertz CT molecular complexity index is 994. The number of fused-ring (bicyclic) bond motifs is 5. The summed E-state index contributed by atoms with van der Waals surface area (Å²) in [6.45, 7) is 7.69. The number of hydrogen-bond donors (Lipinski definition) is 8. The second kappa shape index (κ2) is 10.7. The van der Waals surface area contributed by atoms with E-state index in [-0.39, 0.29) is 31.3 Å². The zero-order valence-electron chi connectivity index (χ0n) is 23.3. The van der Waals surface area contributed by atoms with E-state index in [1.807, 2.05) is 20.8 Å². The van der Waals surface area contributed by atoms with Gasteiger partial charge in [0.2, 0.25) is 0 Å². The SMILES string of the molecule is C[C@H](CO)CCC[C@@H](C)[C@H]1[C@@H](O)[C@@H](O)[C@@H]2[C@]1(C)CC[C@@H]1[C@@]3(C)CC[C@H](O)[C@H](O)[C@@H]3[C@@H](OS(=O)(=O)O)[C@@H](O)[C@]12O. The summed E-state index contributed by atoms with van der Waals surface area (Å²) in [5, 5.41) is 77.9. The van der Waals surface area contributed by atoms with E-state index in [1.165, 1.54) is 0 Å². The zero-order valence-corrected chi connectivity index (χ0v) is 24.1. The molecule has 0 aromatic heterocycles. The van der Waals surface area contributed by atoms with E-state index in [0.29, 0.717) is 12.8 Å². The van der Waals surface area contributed by atoms with Crippen LogP contribution in [-0.4, -0.2) is 97.5 Å². The molecule has 0 radical (unpaired) electrons. The molecule has 0 unspecified atom stereocenters. The van der Waals surface area contributed by atoms with Gasteiger partial charge in [-0.25, -0.2) is 4.18 Å². The van der Waals surface area contributed by atoms with Crippen LogP contribution in [0.2, 0.25) is 0 Å². The van der Waals surface area contributed by atoms with Crippen LogP contribution < -0.4 is 0 Å². The summed E-state index contributed by atoms with van der Waals surface area (Å²) in [7, 11) is -5.14. The van der Waals surface area contributed by atoms with E-state index < -0.39 is 87.1 Å². The lowest BCUT2D eigenvalue weighted by Gasteiger charge is -2.68. The maximum atomic E-state index is 12.5. The van der Waals surface area contributed by atoms with Crippen molar-refractivity contribution in [3.8, 4) is 0 Å². The molecule has 11 nitrogen and oxygen atoms in total. The molecule has 0 heterocycles. The molecule has 15 atom stereocenters. The molecule has 0 aromatic carbocycles. The predicted octanol–water partition coefficient (Wildman–Crippen LogP) is 0.237. The van der Waals surface area contributed by atoms with Gasteiger partial charge in [0.1, 0.15) is 17.8 Å². The Morgan fingerprint density at radius 3 is 2.13 bits per heavy atom. The molecule has 0 saturated heterocycles. The molecule has 0 aromatic rings. The van der Waals surface area contributed by atoms with Gasteiger partial charge in [-0.1, -0.05) is 40.5 Å². The molecule has 0 spiro atoms. The van der Waals surface area contributed by atoms with Crippen molar-refractivity contribution in [1.82, 2.24) is 0 Å². The monoisotopic (exact) mass is 580 g/mol.